The molecule has 0 saturated carbocycles. The Morgan fingerprint density at radius 2 is 2.28 bits per heavy atom. The maximum atomic E-state index is 11.2. The van der Waals surface area contributed by atoms with Crippen LogP contribution >= 0.6 is 11.3 Å². The molecule has 0 spiro atoms. The van der Waals surface area contributed by atoms with Crippen LogP contribution in [-0.4, -0.2) is 16.1 Å². The summed E-state index contributed by atoms with van der Waals surface area (Å²) in [6, 6.07) is 5.76. The Bertz CT molecular complexity index is 565. The van der Waals surface area contributed by atoms with Gasteiger partial charge in [0, 0.05) is 17.1 Å². The van der Waals surface area contributed by atoms with Crippen molar-refractivity contribution in [1.29, 1.82) is 0 Å². The number of aryl methyl sites for hydroxylation is 2. The molecule has 0 aliphatic carbocycles. The monoisotopic (exact) mass is 262 g/mol. The lowest BCUT2D eigenvalue weighted by molar-refractivity contribution is 0.0696. The largest absolute Gasteiger partial charge is 0.478 e. The van der Waals surface area contributed by atoms with Crippen LogP contribution in [0.25, 0.3) is 0 Å². The van der Waals surface area contributed by atoms with E-state index in [0.29, 0.717) is 17.9 Å². The number of nitrogens with zero attached hydrogens (tertiary/aromatic N) is 1. The molecule has 0 radical (unpaired) electrons. The van der Waals surface area contributed by atoms with Crippen molar-refractivity contribution in [2.45, 2.75) is 20.4 Å². The van der Waals surface area contributed by atoms with Gasteiger partial charge in [-0.25, -0.2) is 4.79 Å². The Morgan fingerprint density at radius 3 is 2.89 bits per heavy atom. The molecule has 2 aromatic rings. The number of hydrogen-bond acceptors (Lipinski definition) is 4. The van der Waals surface area contributed by atoms with E-state index in [9.17, 15) is 9.90 Å². The Labute approximate surface area is 109 Å². The highest BCUT2D eigenvalue weighted by molar-refractivity contribution is 7.09. The molecule has 2 rings (SSSR count). The molecule has 94 valence electrons. The van der Waals surface area contributed by atoms with Crippen molar-refractivity contribution >= 4 is 23.0 Å². The highest BCUT2D eigenvalue weighted by Crippen LogP contribution is 2.21. The van der Waals surface area contributed by atoms with Crippen molar-refractivity contribution in [3.05, 3.63) is 45.4 Å². The van der Waals surface area contributed by atoms with E-state index in [4.69, 9.17) is 0 Å². The number of aromatic nitrogens is 1. The van der Waals surface area contributed by atoms with Gasteiger partial charge in [-0.1, -0.05) is 6.07 Å². The molecule has 2 aromatic heterocycles. The molecule has 0 unspecified atom stereocenters. The van der Waals surface area contributed by atoms with Crippen molar-refractivity contribution in [1.82, 2.24) is 4.98 Å². The minimum atomic E-state index is -0.950. The molecule has 2 heterocycles. The van der Waals surface area contributed by atoms with E-state index in [2.05, 4.69) is 10.3 Å². The summed E-state index contributed by atoms with van der Waals surface area (Å²) >= 11 is 1.64. The Balaban J connectivity index is 2.28. The first-order chi connectivity index (χ1) is 8.58. The van der Waals surface area contributed by atoms with E-state index in [-0.39, 0.29) is 5.56 Å². The average Bonchev–Trinajstić information content (AvgIpc) is 2.77. The van der Waals surface area contributed by atoms with Gasteiger partial charge < -0.3 is 10.4 Å². The van der Waals surface area contributed by atoms with E-state index in [0.717, 1.165) is 5.69 Å². The van der Waals surface area contributed by atoms with Crippen LogP contribution in [0.1, 0.15) is 26.6 Å². The van der Waals surface area contributed by atoms with Gasteiger partial charge >= 0.3 is 5.97 Å². The lowest BCUT2D eigenvalue weighted by atomic mass is 10.1. The van der Waals surface area contributed by atoms with E-state index < -0.39 is 5.97 Å². The van der Waals surface area contributed by atoms with Crippen LogP contribution in [-0.2, 0) is 6.54 Å². The quantitative estimate of drug-likeness (QED) is 0.889. The van der Waals surface area contributed by atoms with Gasteiger partial charge in [-0.15, -0.1) is 11.3 Å². The van der Waals surface area contributed by atoms with E-state index in [1.165, 1.54) is 4.88 Å². The molecule has 0 aliphatic heterocycles. The average molecular weight is 262 g/mol. The van der Waals surface area contributed by atoms with Gasteiger partial charge in [0.05, 0.1) is 11.4 Å². The lowest BCUT2D eigenvalue weighted by Crippen LogP contribution is -2.10. The zero-order valence-corrected chi connectivity index (χ0v) is 11.0. The zero-order chi connectivity index (χ0) is 13.1. The third-order valence-corrected chi connectivity index (χ3v) is 3.45. The number of anilines is 1. The fourth-order valence-corrected chi connectivity index (χ4v) is 2.48. The number of nitrogens with one attached hydrogen (secondary N) is 1. The Kier molecular flexibility index (Phi) is 3.62. The summed E-state index contributed by atoms with van der Waals surface area (Å²) in [4.78, 5) is 16.6. The second-order valence-electron chi connectivity index (χ2n) is 4.01. The predicted molar refractivity (Wildman–Crippen MR) is 72.3 cm³/mol. The fraction of sp³-hybridized carbons (Fsp3) is 0.231. The molecule has 2 N–H and O–H groups in total. The Hall–Kier alpha value is -1.88. The van der Waals surface area contributed by atoms with Gasteiger partial charge in [0.1, 0.15) is 5.56 Å². The first kappa shape index (κ1) is 12.6. The normalized spacial score (nSPS) is 10.3. The van der Waals surface area contributed by atoms with Crippen molar-refractivity contribution in [2.75, 3.05) is 5.32 Å². The fourth-order valence-electron chi connectivity index (χ4n) is 1.83. The van der Waals surface area contributed by atoms with Crippen LogP contribution < -0.4 is 5.32 Å². The number of thiophene rings is 1. The summed E-state index contributed by atoms with van der Waals surface area (Å²) in [6.45, 7) is 4.20. The van der Waals surface area contributed by atoms with Crippen molar-refractivity contribution < 1.29 is 9.90 Å². The molecule has 0 atom stereocenters. The second kappa shape index (κ2) is 5.18. The van der Waals surface area contributed by atoms with Gasteiger partial charge in [0.2, 0.25) is 0 Å². The highest BCUT2D eigenvalue weighted by Gasteiger charge is 2.15. The smallest absolute Gasteiger partial charge is 0.339 e. The number of pyridine rings is 1. The van der Waals surface area contributed by atoms with Crippen LogP contribution in [0, 0.1) is 13.8 Å². The SMILES string of the molecule is Cc1cc(NCc2cccs2)c(C(=O)O)c(C)n1. The van der Waals surface area contributed by atoms with Crippen LogP contribution in [0.4, 0.5) is 5.69 Å². The first-order valence-corrected chi connectivity index (χ1v) is 6.43. The summed E-state index contributed by atoms with van der Waals surface area (Å²) < 4.78 is 0. The van der Waals surface area contributed by atoms with Gasteiger partial charge in [-0.3, -0.25) is 4.98 Å². The Morgan fingerprint density at radius 1 is 1.50 bits per heavy atom. The van der Waals surface area contributed by atoms with E-state index in [1.54, 1.807) is 24.3 Å². The maximum Gasteiger partial charge on any atom is 0.339 e. The van der Waals surface area contributed by atoms with Crippen molar-refractivity contribution in [2.24, 2.45) is 0 Å². The molecule has 0 amide bonds. The standard InChI is InChI=1S/C13H14N2O2S/c1-8-6-11(12(13(16)17)9(2)15-8)14-7-10-4-3-5-18-10/h3-6H,7H2,1-2H3,(H,14,15)(H,16,17). The number of carboxylic acids is 1. The number of hydrogen-bond donors (Lipinski definition) is 2. The summed E-state index contributed by atoms with van der Waals surface area (Å²) in [5.41, 5.74) is 2.22. The van der Waals surface area contributed by atoms with E-state index in [1.807, 2.05) is 24.4 Å². The summed E-state index contributed by atoms with van der Waals surface area (Å²) in [5, 5.41) is 14.4. The van der Waals surface area contributed by atoms with Crippen LogP contribution in [0.15, 0.2) is 23.6 Å². The number of carbonyl (C=O) groups is 1. The number of rotatable bonds is 4. The first-order valence-electron chi connectivity index (χ1n) is 5.55. The third-order valence-electron chi connectivity index (χ3n) is 2.58. The molecular formula is C13H14N2O2S. The van der Waals surface area contributed by atoms with E-state index >= 15 is 0 Å². The molecule has 18 heavy (non-hydrogen) atoms. The molecule has 5 heteroatoms. The summed E-state index contributed by atoms with van der Waals surface area (Å²) in [7, 11) is 0. The lowest BCUT2D eigenvalue weighted by Gasteiger charge is -2.11. The molecule has 0 saturated heterocycles. The maximum absolute atomic E-state index is 11.2. The number of aromatic carboxylic acids is 1. The zero-order valence-electron chi connectivity index (χ0n) is 10.2. The van der Waals surface area contributed by atoms with Crippen LogP contribution in [0.5, 0.6) is 0 Å². The minimum Gasteiger partial charge on any atom is -0.478 e. The molecule has 0 aromatic carbocycles. The van der Waals surface area contributed by atoms with Gasteiger partial charge in [0.25, 0.3) is 0 Å². The van der Waals surface area contributed by atoms with Gasteiger partial charge in [-0.05, 0) is 31.4 Å². The number of carboxylic acid groups (broad SMARTS) is 1. The van der Waals surface area contributed by atoms with Gasteiger partial charge in [0.15, 0.2) is 0 Å². The predicted octanol–water partition coefficient (Wildman–Crippen LogP) is 3.07. The van der Waals surface area contributed by atoms with Crippen LogP contribution in [0.2, 0.25) is 0 Å². The molecule has 0 fully saturated rings. The molecule has 0 bridgehead atoms. The van der Waals surface area contributed by atoms with Crippen LogP contribution in [0.3, 0.4) is 0 Å². The second-order valence-corrected chi connectivity index (χ2v) is 5.04. The van der Waals surface area contributed by atoms with Gasteiger partial charge in [-0.2, -0.15) is 0 Å². The molecule has 4 nitrogen and oxygen atoms in total. The topological polar surface area (TPSA) is 62.2 Å². The van der Waals surface area contributed by atoms with Crippen molar-refractivity contribution in [3.8, 4) is 0 Å². The summed E-state index contributed by atoms with van der Waals surface area (Å²) in [5.74, 6) is -0.950. The third kappa shape index (κ3) is 2.68. The summed E-state index contributed by atoms with van der Waals surface area (Å²) in [6.07, 6.45) is 0. The minimum absolute atomic E-state index is 0.247. The van der Waals surface area contributed by atoms with Crippen molar-refractivity contribution in [3.63, 3.8) is 0 Å². The molecule has 0 aliphatic rings. The highest BCUT2D eigenvalue weighted by atomic mass is 32.1. The molecular weight excluding hydrogens is 248 g/mol.